The predicted octanol–water partition coefficient (Wildman–Crippen LogP) is 2.64. The summed E-state index contributed by atoms with van der Waals surface area (Å²) in [7, 11) is -3.35. The summed E-state index contributed by atoms with van der Waals surface area (Å²) in [6.45, 7) is 2.25. The van der Waals surface area contributed by atoms with Crippen LogP contribution in [0.15, 0.2) is 48.9 Å². The summed E-state index contributed by atoms with van der Waals surface area (Å²) in [6.07, 6.45) is 5.78. The number of fused-ring (bicyclic) bond motifs is 1. The highest BCUT2D eigenvalue weighted by Crippen LogP contribution is 2.16. The largest absolute Gasteiger partial charge is 0.351 e. The number of imidazole rings is 1. The van der Waals surface area contributed by atoms with E-state index in [1.54, 1.807) is 12.5 Å². The van der Waals surface area contributed by atoms with Crippen LogP contribution in [0.3, 0.4) is 0 Å². The third-order valence-electron chi connectivity index (χ3n) is 4.41. The number of rotatable bonds is 9. The molecule has 1 amide bonds. The van der Waals surface area contributed by atoms with Gasteiger partial charge in [0.05, 0.1) is 16.8 Å². The molecule has 148 valence electrons. The van der Waals surface area contributed by atoms with E-state index in [1.165, 1.54) is 0 Å². The van der Waals surface area contributed by atoms with E-state index < -0.39 is 21.5 Å². The summed E-state index contributed by atoms with van der Waals surface area (Å²) in [4.78, 5) is 20.7. The van der Waals surface area contributed by atoms with Crippen LogP contribution >= 0.6 is 0 Å². The molecule has 1 N–H and O–H groups in total. The van der Waals surface area contributed by atoms with Gasteiger partial charge >= 0.3 is 0 Å². The number of nitrogens with one attached hydrogen (secondary N) is 1. The van der Waals surface area contributed by atoms with Crippen LogP contribution in [0.2, 0.25) is 0 Å². The van der Waals surface area contributed by atoms with Crippen LogP contribution in [0.1, 0.15) is 31.7 Å². The minimum atomic E-state index is -3.35. The molecule has 2 aromatic heterocycles. The van der Waals surface area contributed by atoms with Crippen molar-refractivity contribution >= 4 is 26.8 Å². The van der Waals surface area contributed by atoms with Crippen molar-refractivity contribution < 1.29 is 13.2 Å². The standard InChI is InChI=1S/C20H24N4O3S/c1-2-3-6-11-28(26,27)14-20(25)22-13-16-9-10-19(21-12-16)24-15-23-17-7-4-5-8-18(17)24/h4-5,7-10,12,15H,2-3,6,11,13-14H2,1H3,(H,22,25). The van der Waals surface area contributed by atoms with Crippen LogP contribution in [-0.4, -0.2) is 40.4 Å². The number of nitrogens with zero attached hydrogens (tertiary/aromatic N) is 3. The fraction of sp³-hybridized carbons (Fsp3) is 0.350. The second kappa shape index (κ2) is 8.97. The number of aromatic nitrogens is 3. The summed E-state index contributed by atoms with van der Waals surface area (Å²) in [5.74, 6) is -0.171. The van der Waals surface area contributed by atoms with Gasteiger partial charge in [0, 0.05) is 12.7 Å². The van der Waals surface area contributed by atoms with Gasteiger partial charge in [0.1, 0.15) is 17.9 Å². The van der Waals surface area contributed by atoms with Gasteiger partial charge in [0.15, 0.2) is 9.84 Å². The molecule has 1 aromatic carbocycles. The zero-order valence-corrected chi connectivity index (χ0v) is 16.7. The van der Waals surface area contributed by atoms with Gasteiger partial charge in [-0.3, -0.25) is 9.36 Å². The molecule has 0 unspecified atom stereocenters. The van der Waals surface area contributed by atoms with E-state index in [4.69, 9.17) is 0 Å². The lowest BCUT2D eigenvalue weighted by Crippen LogP contribution is -2.31. The minimum absolute atomic E-state index is 0.0589. The molecule has 3 aromatic rings. The molecule has 0 saturated carbocycles. The Labute approximate surface area is 164 Å². The number of hydrogen-bond donors (Lipinski definition) is 1. The number of para-hydroxylation sites is 2. The van der Waals surface area contributed by atoms with Gasteiger partial charge in [-0.05, 0) is 30.2 Å². The van der Waals surface area contributed by atoms with Crippen molar-refractivity contribution in [1.29, 1.82) is 0 Å². The summed E-state index contributed by atoms with van der Waals surface area (Å²) in [6, 6.07) is 11.5. The van der Waals surface area contributed by atoms with Crippen molar-refractivity contribution in [3.63, 3.8) is 0 Å². The van der Waals surface area contributed by atoms with Gasteiger partial charge < -0.3 is 5.32 Å². The first-order valence-corrected chi connectivity index (χ1v) is 11.1. The van der Waals surface area contributed by atoms with Gasteiger partial charge in [0.25, 0.3) is 0 Å². The third kappa shape index (κ3) is 5.16. The Hall–Kier alpha value is -2.74. The molecule has 0 aliphatic heterocycles. The maximum Gasteiger partial charge on any atom is 0.235 e. The lowest BCUT2D eigenvalue weighted by molar-refractivity contribution is -0.118. The zero-order chi connectivity index (χ0) is 20.0. The number of carbonyl (C=O) groups is 1. The molecule has 0 fully saturated rings. The average Bonchev–Trinajstić information content (AvgIpc) is 3.11. The van der Waals surface area contributed by atoms with E-state index in [1.807, 2.05) is 47.9 Å². The number of benzene rings is 1. The van der Waals surface area contributed by atoms with Crippen molar-refractivity contribution in [3.8, 4) is 5.82 Å². The van der Waals surface area contributed by atoms with Crippen LogP contribution in [0.25, 0.3) is 16.9 Å². The van der Waals surface area contributed by atoms with Crippen LogP contribution in [0.5, 0.6) is 0 Å². The molecule has 0 saturated heterocycles. The molecule has 28 heavy (non-hydrogen) atoms. The van der Waals surface area contributed by atoms with Crippen molar-refractivity contribution in [2.45, 2.75) is 32.7 Å². The molecule has 0 radical (unpaired) electrons. The Kier molecular flexibility index (Phi) is 6.41. The van der Waals surface area contributed by atoms with Crippen LogP contribution in [0, 0.1) is 0 Å². The molecule has 0 atom stereocenters. The Balaban J connectivity index is 1.57. The molecule has 8 heteroatoms. The van der Waals surface area contributed by atoms with Gasteiger partial charge in [-0.25, -0.2) is 18.4 Å². The number of pyridine rings is 1. The number of unbranched alkanes of at least 4 members (excludes halogenated alkanes) is 2. The highest BCUT2D eigenvalue weighted by molar-refractivity contribution is 7.92. The van der Waals surface area contributed by atoms with E-state index in [9.17, 15) is 13.2 Å². The second-order valence-corrected chi connectivity index (χ2v) is 8.89. The molecule has 2 heterocycles. The first-order valence-electron chi connectivity index (χ1n) is 9.33. The van der Waals surface area contributed by atoms with Crippen molar-refractivity contribution in [2.75, 3.05) is 11.5 Å². The summed E-state index contributed by atoms with van der Waals surface area (Å²) in [5.41, 5.74) is 2.65. The maximum absolute atomic E-state index is 11.9. The maximum atomic E-state index is 11.9. The Bertz CT molecular complexity index is 1040. The second-order valence-electron chi connectivity index (χ2n) is 6.70. The monoisotopic (exact) mass is 400 g/mol. The van der Waals surface area contributed by atoms with Crippen LogP contribution in [0.4, 0.5) is 0 Å². The van der Waals surface area contributed by atoms with Crippen LogP contribution in [-0.2, 0) is 21.2 Å². The molecular formula is C20H24N4O3S. The lowest BCUT2D eigenvalue weighted by atomic mass is 10.2. The Morgan fingerprint density at radius 2 is 1.93 bits per heavy atom. The number of hydrogen-bond acceptors (Lipinski definition) is 5. The Morgan fingerprint density at radius 1 is 1.11 bits per heavy atom. The van der Waals surface area contributed by atoms with E-state index in [0.29, 0.717) is 6.42 Å². The highest BCUT2D eigenvalue weighted by atomic mass is 32.2. The van der Waals surface area contributed by atoms with Gasteiger partial charge in [-0.2, -0.15) is 0 Å². The third-order valence-corrected chi connectivity index (χ3v) is 6.02. The summed E-state index contributed by atoms with van der Waals surface area (Å²) < 4.78 is 25.7. The van der Waals surface area contributed by atoms with Gasteiger partial charge in [-0.15, -0.1) is 0 Å². The normalized spacial score (nSPS) is 11.6. The SMILES string of the molecule is CCCCCS(=O)(=O)CC(=O)NCc1ccc(-n2cnc3ccccc32)nc1. The minimum Gasteiger partial charge on any atom is -0.351 e. The van der Waals surface area contributed by atoms with Crippen molar-refractivity contribution in [1.82, 2.24) is 19.9 Å². The van der Waals surface area contributed by atoms with E-state index in [-0.39, 0.29) is 12.3 Å². The van der Waals surface area contributed by atoms with Crippen molar-refractivity contribution in [2.24, 2.45) is 0 Å². The van der Waals surface area contributed by atoms with E-state index in [2.05, 4.69) is 15.3 Å². The smallest absolute Gasteiger partial charge is 0.235 e. The molecule has 0 aliphatic rings. The topological polar surface area (TPSA) is 94.0 Å². The Morgan fingerprint density at radius 3 is 2.68 bits per heavy atom. The molecule has 0 bridgehead atoms. The van der Waals surface area contributed by atoms with E-state index >= 15 is 0 Å². The van der Waals surface area contributed by atoms with Crippen LogP contribution < -0.4 is 5.32 Å². The number of sulfone groups is 1. The summed E-state index contributed by atoms with van der Waals surface area (Å²) >= 11 is 0. The zero-order valence-electron chi connectivity index (χ0n) is 15.8. The molecule has 0 spiro atoms. The first kappa shape index (κ1) is 20.0. The van der Waals surface area contributed by atoms with Gasteiger partial charge in [-0.1, -0.05) is 38.0 Å². The highest BCUT2D eigenvalue weighted by Gasteiger charge is 2.16. The molecule has 3 rings (SSSR count). The van der Waals surface area contributed by atoms with Gasteiger partial charge in [0.2, 0.25) is 5.91 Å². The van der Waals surface area contributed by atoms with Crippen molar-refractivity contribution in [3.05, 3.63) is 54.5 Å². The number of amides is 1. The first-order chi connectivity index (χ1) is 13.5. The number of carbonyl (C=O) groups excluding carboxylic acids is 1. The fourth-order valence-corrected chi connectivity index (χ4v) is 4.19. The molecule has 0 aliphatic carbocycles. The lowest BCUT2D eigenvalue weighted by Gasteiger charge is -2.08. The quantitative estimate of drug-likeness (QED) is 0.557. The molecular weight excluding hydrogens is 376 g/mol. The fourth-order valence-electron chi connectivity index (χ4n) is 2.90. The summed E-state index contributed by atoms with van der Waals surface area (Å²) in [5, 5.41) is 2.65. The molecule has 7 nitrogen and oxygen atoms in total. The predicted molar refractivity (Wildman–Crippen MR) is 109 cm³/mol. The van der Waals surface area contributed by atoms with E-state index in [0.717, 1.165) is 35.3 Å². The average molecular weight is 401 g/mol.